The molecule has 88 valence electrons. The quantitative estimate of drug-likeness (QED) is 0.594. The van der Waals surface area contributed by atoms with E-state index in [2.05, 4.69) is 5.32 Å². The monoisotopic (exact) mass is 241 g/mol. The van der Waals surface area contributed by atoms with E-state index in [4.69, 9.17) is 16.7 Å². The van der Waals surface area contributed by atoms with Crippen LogP contribution in [0.15, 0.2) is 24.3 Å². The van der Waals surface area contributed by atoms with Crippen molar-refractivity contribution in [2.45, 2.75) is 25.8 Å². The highest BCUT2D eigenvalue weighted by Crippen LogP contribution is 2.09. The van der Waals surface area contributed by atoms with Crippen LogP contribution >= 0.6 is 11.6 Å². The van der Waals surface area contributed by atoms with Crippen LogP contribution in [0.25, 0.3) is 0 Å². The molecular formula is C12H16ClNO2. The summed E-state index contributed by atoms with van der Waals surface area (Å²) in [5, 5.41) is 11.9. The molecule has 1 aromatic carbocycles. The van der Waals surface area contributed by atoms with Crippen molar-refractivity contribution in [1.29, 1.82) is 0 Å². The number of unbranched alkanes of at least 4 members (excludes halogenated alkanes) is 1. The molecule has 0 heterocycles. The van der Waals surface area contributed by atoms with Gasteiger partial charge in [0.15, 0.2) is 0 Å². The van der Waals surface area contributed by atoms with E-state index in [-0.39, 0.29) is 11.7 Å². The average Bonchev–Trinajstić information content (AvgIpc) is 2.29. The number of nitrogens with one attached hydrogen (secondary N) is 1. The zero-order valence-corrected chi connectivity index (χ0v) is 9.83. The van der Waals surface area contributed by atoms with Crippen LogP contribution in [0, 0.1) is 0 Å². The van der Waals surface area contributed by atoms with E-state index in [0.717, 1.165) is 18.4 Å². The minimum Gasteiger partial charge on any atom is -0.508 e. The molecule has 2 N–H and O–H groups in total. The lowest BCUT2D eigenvalue weighted by atomic mass is 10.2. The van der Waals surface area contributed by atoms with Gasteiger partial charge in [-0.2, -0.15) is 0 Å². The minimum atomic E-state index is 0.0400. The zero-order valence-electron chi connectivity index (χ0n) is 9.08. The Morgan fingerprint density at radius 1 is 1.25 bits per heavy atom. The lowest BCUT2D eigenvalue weighted by Crippen LogP contribution is -2.22. The van der Waals surface area contributed by atoms with Gasteiger partial charge in [-0.1, -0.05) is 12.1 Å². The smallest absolute Gasteiger partial charge is 0.220 e. The van der Waals surface area contributed by atoms with Crippen molar-refractivity contribution < 1.29 is 9.90 Å². The molecule has 0 aliphatic carbocycles. The fourth-order valence-electron chi connectivity index (χ4n) is 1.28. The maximum absolute atomic E-state index is 11.4. The zero-order chi connectivity index (χ0) is 11.8. The van der Waals surface area contributed by atoms with E-state index in [1.165, 1.54) is 0 Å². The summed E-state index contributed by atoms with van der Waals surface area (Å²) in [5.41, 5.74) is 0.975. The molecule has 4 heteroatoms. The van der Waals surface area contributed by atoms with E-state index in [0.29, 0.717) is 18.8 Å². The van der Waals surface area contributed by atoms with Gasteiger partial charge in [0.25, 0.3) is 0 Å². The van der Waals surface area contributed by atoms with Crippen LogP contribution in [-0.2, 0) is 11.3 Å². The number of hydrogen-bond donors (Lipinski definition) is 2. The number of halogens is 1. The lowest BCUT2D eigenvalue weighted by molar-refractivity contribution is -0.121. The first-order chi connectivity index (χ1) is 7.72. The molecule has 1 rings (SSSR count). The Balaban J connectivity index is 2.23. The number of carbonyl (C=O) groups is 1. The Morgan fingerprint density at radius 3 is 2.56 bits per heavy atom. The molecule has 0 fully saturated rings. The van der Waals surface area contributed by atoms with Gasteiger partial charge in [0.1, 0.15) is 5.75 Å². The van der Waals surface area contributed by atoms with Crippen LogP contribution in [0.1, 0.15) is 24.8 Å². The number of hydrogen-bond acceptors (Lipinski definition) is 2. The fourth-order valence-corrected chi connectivity index (χ4v) is 1.47. The van der Waals surface area contributed by atoms with Gasteiger partial charge in [0.2, 0.25) is 5.91 Å². The standard InChI is InChI=1S/C12H16ClNO2/c13-8-2-1-3-12(16)14-9-10-4-6-11(15)7-5-10/h4-7,15H,1-3,8-9H2,(H,14,16). The molecule has 0 bridgehead atoms. The summed E-state index contributed by atoms with van der Waals surface area (Å²) < 4.78 is 0. The lowest BCUT2D eigenvalue weighted by Gasteiger charge is -2.05. The maximum Gasteiger partial charge on any atom is 0.220 e. The Bertz CT molecular complexity index is 324. The van der Waals surface area contributed by atoms with Crippen LogP contribution in [0.2, 0.25) is 0 Å². The second-order valence-electron chi connectivity index (χ2n) is 3.59. The number of carbonyl (C=O) groups excluding carboxylic acids is 1. The molecule has 3 nitrogen and oxygen atoms in total. The maximum atomic E-state index is 11.4. The minimum absolute atomic E-state index is 0.0400. The first-order valence-corrected chi connectivity index (χ1v) is 5.86. The van der Waals surface area contributed by atoms with Crippen LogP contribution in [0.5, 0.6) is 5.75 Å². The van der Waals surface area contributed by atoms with Crippen molar-refractivity contribution in [3.63, 3.8) is 0 Å². The van der Waals surface area contributed by atoms with Gasteiger partial charge in [0, 0.05) is 18.8 Å². The second kappa shape index (κ2) is 7.12. The number of amides is 1. The van der Waals surface area contributed by atoms with Gasteiger partial charge >= 0.3 is 0 Å². The largest absolute Gasteiger partial charge is 0.508 e. The number of benzene rings is 1. The Labute approximate surface area is 100 Å². The number of phenols is 1. The Kier molecular flexibility index (Phi) is 5.72. The molecule has 1 aromatic rings. The third-order valence-electron chi connectivity index (χ3n) is 2.21. The van der Waals surface area contributed by atoms with E-state index in [1.54, 1.807) is 24.3 Å². The summed E-state index contributed by atoms with van der Waals surface area (Å²) >= 11 is 5.52. The van der Waals surface area contributed by atoms with Gasteiger partial charge in [-0.05, 0) is 30.5 Å². The van der Waals surface area contributed by atoms with Gasteiger partial charge in [-0.15, -0.1) is 11.6 Å². The molecule has 1 amide bonds. The fraction of sp³-hybridized carbons (Fsp3) is 0.417. The number of phenolic OH excluding ortho intramolecular Hbond substituents is 1. The van der Waals surface area contributed by atoms with Crippen LogP contribution < -0.4 is 5.32 Å². The molecule has 0 saturated carbocycles. The van der Waals surface area contributed by atoms with E-state index >= 15 is 0 Å². The molecule has 16 heavy (non-hydrogen) atoms. The Morgan fingerprint density at radius 2 is 1.94 bits per heavy atom. The van der Waals surface area contributed by atoms with Crippen LogP contribution in [0.4, 0.5) is 0 Å². The molecule has 0 spiro atoms. The molecule has 0 aliphatic heterocycles. The highest BCUT2D eigenvalue weighted by Gasteiger charge is 2.00. The molecule has 0 unspecified atom stereocenters. The number of rotatable bonds is 6. The summed E-state index contributed by atoms with van der Waals surface area (Å²) in [6.07, 6.45) is 2.21. The van der Waals surface area contributed by atoms with Crippen molar-refractivity contribution in [3.8, 4) is 5.75 Å². The molecule has 0 aliphatic rings. The van der Waals surface area contributed by atoms with Crippen molar-refractivity contribution in [1.82, 2.24) is 5.32 Å². The second-order valence-corrected chi connectivity index (χ2v) is 3.97. The predicted molar refractivity (Wildman–Crippen MR) is 64.5 cm³/mol. The third-order valence-corrected chi connectivity index (χ3v) is 2.48. The van der Waals surface area contributed by atoms with Crippen molar-refractivity contribution in [3.05, 3.63) is 29.8 Å². The average molecular weight is 242 g/mol. The summed E-state index contributed by atoms with van der Waals surface area (Å²) in [7, 11) is 0. The predicted octanol–water partition coefficient (Wildman–Crippen LogP) is 2.42. The number of aromatic hydroxyl groups is 1. The molecule has 0 saturated heterocycles. The molecule has 0 aromatic heterocycles. The van der Waals surface area contributed by atoms with Crippen molar-refractivity contribution in [2.24, 2.45) is 0 Å². The van der Waals surface area contributed by atoms with Crippen molar-refractivity contribution >= 4 is 17.5 Å². The number of alkyl halides is 1. The topological polar surface area (TPSA) is 49.3 Å². The van der Waals surface area contributed by atoms with Crippen LogP contribution in [-0.4, -0.2) is 16.9 Å². The summed E-state index contributed by atoms with van der Waals surface area (Å²) in [5.74, 6) is 0.876. The van der Waals surface area contributed by atoms with Crippen molar-refractivity contribution in [2.75, 3.05) is 5.88 Å². The van der Waals surface area contributed by atoms with E-state index < -0.39 is 0 Å². The normalized spacial score (nSPS) is 10.1. The van der Waals surface area contributed by atoms with Crippen LogP contribution in [0.3, 0.4) is 0 Å². The molecule has 0 radical (unpaired) electrons. The molecular weight excluding hydrogens is 226 g/mol. The Hall–Kier alpha value is -1.22. The third kappa shape index (κ3) is 5.03. The van der Waals surface area contributed by atoms with E-state index in [9.17, 15) is 4.79 Å². The molecule has 0 atom stereocenters. The first kappa shape index (κ1) is 12.8. The first-order valence-electron chi connectivity index (χ1n) is 5.33. The van der Waals surface area contributed by atoms with Gasteiger partial charge in [-0.3, -0.25) is 4.79 Å². The van der Waals surface area contributed by atoms with E-state index in [1.807, 2.05) is 0 Å². The highest BCUT2D eigenvalue weighted by molar-refractivity contribution is 6.17. The summed E-state index contributed by atoms with van der Waals surface area (Å²) in [4.78, 5) is 11.4. The van der Waals surface area contributed by atoms with Gasteiger partial charge < -0.3 is 10.4 Å². The SMILES string of the molecule is O=C(CCCCCl)NCc1ccc(O)cc1. The summed E-state index contributed by atoms with van der Waals surface area (Å²) in [6, 6.07) is 6.78. The highest BCUT2D eigenvalue weighted by atomic mass is 35.5. The summed E-state index contributed by atoms with van der Waals surface area (Å²) in [6.45, 7) is 0.500. The van der Waals surface area contributed by atoms with Gasteiger partial charge in [-0.25, -0.2) is 0 Å². The van der Waals surface area contributed by atoms with Gasteiger partial charge in [0.05, 0.1) is 0 Å².